The number of hydrogen-bond donors (Lipinski definition) is 3. The van der Waals surface area contributed by atoms with Crippen molar-refractivity contribution in [2.75, 3.05) is 44.0 Å². The molecule has 0 aliphatic carbocycles. The van der Waals surface area contributed by atoms with Crippen molar-refractivity contribution in [2.24, 2.45) is 5.41 Å². The van der Waals surface area contributed by atoms with Gasteiger partial charge in [0.25, 0.3) is 5.91 Å². The number of hydrogen-bond acceptors (Lipinski definition) is 5. The van der Waals surface area contributed by atoms with Crippen LogP contribution in [0.4, 0.5) is 11.4 Å². The normalized spacial score (nSPS) is 22.0. The van der Waals surface area contributed by atoms with Crippen LogP contribution < -0.4 is 16.0 Å². The number of amides is 2. The highest BCUT2D eigenvalue weighted by Gasteiger charge is 2.39. The number of piperidine rings is 1. The van der Waals surface area contributed by atoms with Crippen molar-refractivity contribution in [3.05, 3.63) is 24.3 Å². The quantitative estimate of drug-likeness (QED) is 0.718. The summed E-state index contributed by atoms with van der Waals surface area (Å²) in [6.45, 7) is 2.67. The number of anilines is 2. The number of carbonyl (C=O) groups excluding carboxylic acids is 2. The second kappa shape index (κ2) is 8.62. The topological polar surface area (TPSA) is 88.7 Å². The fraction of sp³-hybridized carbons (Fsp3) is 0.579. The minimum atomic E-state index is -0.493. The molecule has 7 nitrogen and oxygen atoms in total. The highest BCUT2D eigenvalue weighted by atomic mass is 16.5. The fourth-order valence-corrected chi connectivity index (χ4v) is 3.53. The van der Waals surface area contributed by atoms with Gasteiger partial charge in [-0.15, -0.1) is 0 Å². The van der Waals surface area contributed by atoms with Crippen molar-refractivity contribution in [3.63, 3.8) is 0 Å². The number of ether oxygens (including phenoxy) is 2. The van der Waals surface area contributed by atoms with Gasteiger partial charge in [-0.3, -0.25) is 9.59 Å². The molecule has 2 aliphatic rings. The van der Waals surface area contributed by atoms with Gasteiger partial charge in [0, 0.05) is 25.1 Å². The zero-order valence-electron chi connectivity index (χ0n) is 15.2. The monoisotopic (exact) mass is 361 g/mol. The molecule has 2 aliphatic heterocycles. The molecular weight excluding hydrogens is 334 g/mol. The summed E-state index contributed by atoms with van der Waals surface area (Å²) in [5.74, 6) is -0.134. The third-order valence-electron chi connectivity index (χ3n) is 5.10. The Labute approximate surface area is 153 Å². The molecule has 1 atom stereocenters. The maximum Gasteiger partial charge on any atom is 0.253 e. The van der Waals surface area contributed by atoms with Crippen LogP contribution in [0.3, 0.4) is 0 Å². The zero-order chi connectivity index (χ0) is 18.4. The third kappa shape index (κ3) is 4.41. The lowest BCUT2D eigenvalue weighted by atomic mass is 9.78. The molecule has 0 bridgehead atoms. The Balaban J connectivity index is 1.59. The second-order valence-electron chi connectivity index (χ2n) is 6.99. The molecule has 3 N–H and O–H groups in total. The molecule has 2 saturated heterocycles. The van der Waals surface area contributed by atoms with Gasteiger partial charge in [0.15, 0.2) is 0 Å². The van der Waals surface area contributed by atoms with Gasteiger partial charge in [0.1, 0.15) is 6.10 Å². The summed E-state index contributed by atoms with van der Waals surface area (Å²) < 4.78 is 10.7. The molecule has 0 saturated carbocycles. The van der Waals surface area contributed by atoms with Gasteiger partial charge in [-0.25, -0.2) is 0 Å². The first-order valence-electron chi connectivity index (χ1n) is 9.17. The minimum Gasteiger partial charge on any atom is -0.384 e. The van der Waals surface area contributed by atoms with Gasteiger partial charge >= 0.3 is 0 Å². The van der Waals surface area contributed by atoms with E-state index in [4.69, 9.17) is 9.47 Å². The number of carbonyl (C=O) groups is 2. The van der Waals surface area contributed by atoms with Crippen molar-refractivity contribution in [3.8, 4) is 0 Å². The van der Waals surface area contributed by atoms with Crippen molar-refractivity contribution >= 4 is 23.2 Å². The minimum absolute atomic E-state index is 0.0167. The number of rotatable bonds is 6. The highest BCUT2D eigenvalue weighted by molar-refractivity contribution is 5.97. The Morgan fingerprint density at radius 2 is 1.85 bits per heavy atom. The van der Waals surface area contributed by atoms with Crippen molar-refractivity contribution in [1.82, 2.24) is 5.32 Å². The Hall–Kier alpha value is -1.96. The molecule has 26 heavy (non-hydrogen) atoms. The summed E-state index contributed by atoms with van der Waals surface area (Å²) in [5.41, 5.74) is 0.906. The molecular formula is C19H27N3O4. The molecule has 0 radical (unpaired) electrons. The van der Waals surface area contributed by atoms with Gasteiger partial charge in [0.2, 0.25) is 5.91 Å². The van der Waals surface area contributed by atoms with Crippen LogP contribution >= 0.6 is 0 Å². The zero-order valence-corrected chi connectivity index (χ0v) is 15.2. The second-order valence-corrected chi connectivity index (χ2v) is 6.99. The van der Waals surface area contributed by atoms with E-state index in [1.165, 1.54) is 0 Å². The van der Waals surface area contributed by atoms with Crippen molar-refractivity contribution in [1.29, 1.82) is 0 Å². The first-order chi connectivity index (χ1) is 12.6. The molecule has 1 unspecified atom stereocenters. The molecule has 3 rings (SSSR count). The van der Waals surface area contributed by atoms with Crippen LogP contribution in [0.15, 0.2) is 24.3 Å². The third-order valence-corrected chi connectivity index (χ3v) is 5.10. The van der Waals surface area contributed by atoms with E-state index in [0.29, 0.717) is 24.6 Å². The molecule has 2 heterocycles. The van der Waals surface area contributed by atoms with E-state index in [1.807, 2.05) is 0 Å². The molecule has 2 amide bonds. The summed E-state index contributed by atoms with van der Waals surface area (Å²) in [6, 6.07) is 7.16. The molecule has 0 aromatic heterocycles. The van der Waals surface area contributed by atoms with E-state index in [-0.39, 0.29) is 17.9 Å². The van der Waals surface area contributed by atoms with Crippen LogP contribution in [-0.4, -0.2) is 51.3 Å². The summed E-state index contributed by atoms with van der Waals surface area (Å²) in [7, 11) is 1.63. The van der Waals surface area contributed by atoms with E-state index in [0.717, 1.165) is 38.8 Å². The van der Waals surface area contributed by atoms with E-state index in [1.54, 1.807) is 31.4 Å². The van der Waals surface area contributed by atoms with Gasteiger partial charge in [-0.1, -0.05) is 0 Å². The van der Waals surface area contributed by atoms with Crippen LogP contribution in [0.5, 0.6) is 0 Å². The Bertz CT molecular complexity index is 615. The van der Waals surface area contributed by atoms with Crippen LogP contribution in [0, 0.1) is 5.41 Å². The van der Waals surface area contributed by atoms with Crippen LogP contribution in [0.1, 0.15) is 25.7 Å². The van der Waals surface area contributed by atoms with E-state index in [9.17, 15) is 9.59 Å². The Kier molecular flexibility index (Phi) is 6.24. The van der Waals surface area contributed by atoms with Crippen LogP contribution in [-0.2, 0) is 19.1 Å². The molecule has 7 heteroatoms. The Morgan fingerprint density at radius 3 is 2.42 bits per heavy atom. The SMILES string of the molecule is COCC1(C(=O)Nc2ccc(NC(=O)C3CCCO3)cc2)CCNCC1. The van der Waals surface area contributed by atoms with E-state index < -0.39 is 5.41 Å². The molecule has 2 fully saturated rings. The predicted octanol–water partition coefficient (Wildman–Crippen LogP) is 1.76. The van der Waals surface area contributed by atoms with Crippen molar-refractivity contribution < 1.29 is 19.1 Å². The van der Waals surface area contributed by atoms with Gasteiger partial charge in [-0.2, -0.15) is 0 Å². The lowest BCUT2D eigenvalue weighted by Crippen LogP contribution is -2.47. The summed E-state index contributed by atoms with van der Waals surface area (Å²) in [5, 5.41) is 9.12. The molecule has 1 aromatic carbocycles. The van der Waals surface area contributed by atoms with E-state index in [2.05, 4.69) is 16.0 Å². The maximum atomic E-state index is 12.8. The fourth-order valence-electron chi connectivity index (χ4n) is 3.53. The lowest BCUT2D eigenvalue weighted by molar-refractivity contribution is -0.130. The van der Waals surface area contributed by atoms with Crippen molar-refractivity contribution in [2.45, 2.75) is 31.8 Å². The molecule has 0 spiro atoms. The number of nitrogens with one attached hydrogen (secondary N) is 3. The summed E-state index contributed by atoms with van der Waals surface area (Å²) >= 11 is 0. The standard InChI is InChI=1S/C19H27N3O4/c1-25-13-19(8-10-20-11-9-19)18(24)22-15-6-4-14(5-7-15)21-17(23)16-3-2-12-26-16/h4-7,16,20H,2-3,8-13H2,1H3,(H,21,23)(H,22,24). The average molecular weight is 361 g/mol. The van der Waals surface area contributed by atoms with Crippen LogP contribution in [0.2, 0.25) is 0 Å². The number of benzene rings is 1. The predicted molar refractivity (Wildman–Crippen MR) is 99.1 cm³/mol. The summed E-state index contributed by atoms with van der Waals surface area (Å²) in [4.78, 5) is 24.9. The van der Waals surface area contributed by atoms with Crippen LogP contribution in [0.25, 0.3) is 0 Å². The maximum absolute atomic E-state index is 12.8. The first-order valence-corrected chi connectivity index (χ1v) is 9.17. The van der Waals surface area contributed by atoms with Gasteiger partial charge in [0.05, 0.1) is 12.0 Å². The lowest BCUT2D eigenvalue weighted by Gasteiger charge is -2.35. The first kappa shape index (κ1) is 18.8. The summed E-state index contributed by atoms with van der Waals surface area (Å²) in [6.07, 6.45) is 2.82. The Morgan fingerprint density at radius 1 is 1.19 bits per heavy atom. The van der Waals surface area contributed by atoms with E-state index >= 15 is 0 Å². The molecule has 1 aromatic rings. The molecule has 142 valence electrons. The highest BCUT2D eigenvalue weighted by Crippen LogP contribution is 2.31. The largest absolute Gasteiger partial charge is 0.384 e. The van der Waals surface area contributed by atoms with Gasteiger partial charge < -0.3 is 25.4 Å². The van der Waals surface area contributed by atoms with Gasteiger partial charge in [-0.05, 0) is 63.0 Å². The number of methoxy groups -OCH3 is 1. The average Bonchev–Trinajstić information content (AvgIpc) is 3.19. The smallest absolute Gasteiger partial charge is 0.253 e.